The zero-order chi connectivity index (χ0) is 25.4. The average Bonchev–Trinajstić information content (AvgIpc) is 3.64. The third-order valence-electron chi connectivity index (χ3n) is 6.62. The minimum absolute atomic E-state index is 0.0247. The fourth-order valence-electron chi connectivity index (χ4n) is 4.87. The summed E-state index contributed by atoms with van der Waals surface area (Å²) >= 11 is 0. The summed E-state index contributed by atoms with van der Waals surface area (Å²) in [4.78, 5) is 28.1. The molecule has 3 heterocycles. The first-order chi connectivity index (χ1) is 17.5. The molecule has 1 amide bonds. The van der Waals surface area contributed by atoms with Gasteiger partial charge in [0.2, 0.25) is 12.5 Å². The molecule has 1 N–H and O–H groups in total. The first-order valence-electron chi connectivity index (χ1n) is 11.6. The number of likely N-dealkylation sites (tertiary alicyclic amines) is 1. The van der Waals surface area contributed by atoms with Crippen LogP contribution in [0.5, 0.6) is 28.7 Å². The number of fused-ring (bicyclic) bond motifs is 1. The van der Waals surface area contributed by atoms with Crippen molar-refractivity contribution in [3.63, 3.8) is 0 Å². The molecule has 2 aromatic rings. The fourth-order valence-corrected chi connectivity index (χ4v) is 4.87. The lowest BCUT2D eigenvalue weighted by atomic mass is 9.94. The van der Waals surface area contributed by atoms with E-state index in [2.05, 4.69) is 0 Å². The number of nitrogens with zero attached hydrogens (tertiary/aromatic N) is 1. The molecular weight excluding hydrogens is 470 g/mol. The van der Waals surface area contributed by atoms with Crippen molar-refractivity contribution in [3.8, 4) is 28.7 Å². The van der Waals surface area contributed by atoms with Crippen molar-refractivity contribution >= 4 is 17.4 Å². The molecule has 10 nitrogen and oxygen atoms in total. The second-order valence-electron chi connectivity index (χ2n) is 8.61. The number of benzene rings is 2. The molecule has 0 saturated carbocycles. The Labute approximate surface area is 207 Å². The van der Waals surface area contributed by atoms with Crippen molar-refractivity contribution in [2.24, 2.45) is 0 Å². The second kappa shape index (κ2) is 9.62. The Bertz CT molecular complexity index is 1230. The van der Waals surface area contributed by atoms with Crippen molar-refractivity contribution in [3.05, 3.63) is 47.0 Å². The molecule has 3 aliphatic rings. The van der Waals surface area contributed by atoms with E-state index in [1.54, 1.807) is 30.3 Å². The maximum Gasteiger partial charge on any atom is 0.295 e. The van der Waals surface area contributed by atoms with E-state index in [1.165, 1.54) is 26.2 Å². The SMILES string of the molecule is COc1ccc(C(O)=C2C(=O)C(=O)N(CC3CCCO3)C2c2cc(OC)c3c(c2)OCO3)cc1OC. The molecule has 2 aromatic carbocycles. The minimum Gasteiger partial charge on any atom is -0.507 e. The van der Waals surface area contributed by atoms with Crippen LogP contribution >= 0.6 is 0 Å². The topological polar surface area (TPSA) is 113 Å². The summed E-state index contributed by atoms with van der Waals surface area (Å²) in [7, 11) is 4.47. The number of rotatable bonds is 7. The normalized spacial score (nSPS) is 22.2. The summed E-state index contributed by atoms with van der Waals surface area (Å²) in [5.74, 6) is 0.271. The van der Waals surface area contributed by atoms with Crippen molar-refractivity contribution in [2.45, 2.75) is 25.0 Å². The van der Waals surface area contributed by atoms with Crippen LogP contribution in [-0.2, 0) is 14.3 Å². The van der Waals surface area contributed by atoms with Crippen molar-refractivity contribution in [1.82, 2.24) is 4.90 Å². The van der Waals surface area contributed by atoms with Gasteiger partial charge in [-0.2, -0.15) is 0 Å². The van der Waals surface area contributed by atoms with Gasteiger partial charge < -0.3 is 38.4 Å². The molecule has 0 aliphatic carbocycles. The Hall–Kier alpha value is -3.92. The Balaban J connectivity index is 1.66. The quantitative estimate of drug-likeness (QED) is 0.350. The number of carbonyl (C=O) groups excluding carboxylic acids is 2. The third kappa shape index (κ3) is 3.97. The number of hydrogen-bond donors (Lipinski definition) is 1. The highest BCUT2D eigenvalue weighted by atomic mass is 16.7. The number of ketones is 1. The molecule has 5 rings (SSSR count). The largest absolute Gasteiger partial charge is 0.507 e. The number of ether oxygens (including phenoxy) is 6. The van der Waals surface area contributed by atoms with Gasteiger partial charge in [0.25, 0.3) is 11.7 Å². The van der Waals surface area contributed by atoms with Gasteiger partial charge in [0.05, 0.1) is 39.0 Å². The van der Waals surface area contributed by atoms with Crippen LogP contribution in [0.25, 0.3) is 5.76 Å². The van der Waals surface area contributed by atoms with Crippen molar-refractivity contribution in [2.75, 3.05) is 41.3 Å². The van der Waals surface area contributed by atoms with Crippen LogP contribution in [0.3, 0.4) is 0 Å². The van der Waals surface area contributed by atoms with Gasteiger partial charge in [0, 0.05) is 18.7 Å². The molecule has 0 spiro atoms. The summed E-state index contributed by atoms with van der Waals surface area (Å²) in [6, 6.07) is 7.26. The van der Waals surface area contributed by atoms with Crippen LogP contribution < -0.4 is 23.7 Å². The van der Waals surface area contributed by atoms with E-state index in [9.17, 15) is 14.7 Å². The number of methoxy groups -OCH3 is 3. The molecule has 2 atom stereocenters. The summed E-state index contributed by atoms with van der Waals surface area (Å²) < 4.78 is 33.0. The Morgan fingerprint density at radius 1 is 1.03 bits per heavy atom. The molecule has 2 fully saturated rings. The first-order valence-corrected chi connectivity index (χ1v) is 11.6. The number of carbonyl (C=O) groups is 2. The molecule has 10 heteroatoms. The molecule has 36 heavy (non-hydrogen) atoms. The zero-order valence-electron chi connectivity index (χ0n) is 20.2. The maximum atomic E-state index is 13.4. The van der Waals surface area contributed by atoms with E-state index in [-0.39, 0.29) is 30.8 Å². The van der Waals surface area contributed by atoms with Crippen molar-refractivity contribution < 1.29 is 43.1 Å². The van der Waals surface area contributed by atoms with Gasteiger partial charge in [0.15, 0.2) is 23.0 Å². The second-order valence-corrected chi connectivity index (χ2v) is 8.61. The number of hydrogen-bond acceptors (Lipinski definition) is 9. The maximum absolute atomic E-state index is 13.4. The number of amides is 1. The zero-order valence-corrected chi connectivity index (χ0v) is 20.2. The molecule has 3 aliphatic heterocycles. The van der Waals surface area contributed by atoms with Crippen LogP contribution in [0.2, 0.25) is 0 Å². The Morgan fingerprint density at radius 2 is 1.81 bits per heavy atom. The lowest BCUT2D eigenvalue weighted by Gasteiger charge is -2.28. The molecule has 0 bridgehead atoms. The predicted molar refractivity (Wildman–Crippen MR) is 127 cm³/mol. The van der Waals surface area contributed by atoms with Crippen LogP contribution in [0.15, 0.2) is 35.9 Å². The van der Waals surface area contributed by atoms with E-state index in [4.69, 9.17) is 28.4 Å². The Morgan fingerprint density at radius 3 is 2.50 bits per heavy atom. The van der Waals surface area contributed by atoms with Gasteiger partial charge >= 0.3 is 0 Å². The predicted octanol–water partition coefficient (Wildman–Crippen LogP) is 3.04. The lowest BCUT2D eigenvalue weighted by molar-refractivity contribution is -0.140. The standard InChI is InChI=1S/C26H27NO9/c1-31-17-7-6-14(9-18(17)32-2)23(28)21-22(15-10-19(33-3)25-20(11-15)35-13-36-25)27(26(30)24(21)29)12-16-5-4-8-34-16/h6-7,9-11,16,22,28H,4-5,8,12-13H2,1-3H3. The smallest absolute Gasteiger partial charge is 0.295 e. The van der Waals surface area contributed by atoms with Crippen LogP contribution in [0.4, 0.5) is 0 Å². The van der Waals surface area contributed by atoms with E-state index < -0.39 is 17.7 Å². The van der Waals surface area contributed by atoms with Gasteiger partial charge in [-0.05, 0) is 48.7 Å². The van der Waals surface area contributed by atoms with Gasteiger partial charge in [0.1, 0.15) is 5.76 Å². The summed E-state index contributed by atoms with van der Waals surface area (Å²) in [5, 5.41) is 11.4. The number of aliphatic hydroxyl groups is 1. The third-order valence-corrected chi connectivity index (χ3v) is 6.62. The molecule has 0 aromatic heterocycles. The highest BCUT2D eigenvalue weighted by Gasteiger charge is 2.47. The molecule has 2 unspecified atom stereocenters. The summed E-state index contributed by atoms with van der Waals surface area (Å²) in [6.07, 6.45) is 1.45. The molecular formula is C26H27NO9. The molecule has 0 radical (unpaired) electrons. The highest BCUT2D eigenvalue weighted by Crippen LogP contribution is 2.48. The van der Waals surface area contributed by atoms with Gasteiger partial charge in [-0.3, -0.25) is 9.59 Å². The molecule has 190 valence electrons. The van der Waals surface area contributed by atoms with E-state index in [0.717, 1.165) is 12.8 Å². The van der Waals surface area contributed by atoms with Crippen molar-refractivity contribution in [1.29, 1.82) is 0 Å². The van der Waals surface area contributed by atoms with E-state index in [1.807, 2.05) is 0 Å². The van der Waals surface area contributed by atoms with E-state index in [0.29, 0.717) is 46.5 Å². The monoisotopic (exact) mass is 497 g/mol. The fraction of sp³-hybridized carbons (Fsp3) is 0.385. The first kappa shape index (κ1) is 23.8. The lowest BCUT2D eigenvalue weighted by Crippen LogP contribution is -2.36. The van der Waals surface area contributed by atoms with E-state index >= 15 is 0 Å². The number of Topliss-reactive ketones (excluding diaryl/α,β-unsaturated/α-hetero) is 1. The van der Waals surface area contributed by atoms with Crippen LogP contribution in [0, 0.1) is 0 Å². The summed E-state index contributed by atoms with van der Waals surface area (Å²) in [6.45, 7) is 0.828. The van der Waals surface area contributed by atoms with Crippen LogP contribution in [0.1, 0.15) is 30.0 Å². The van der Waals surface area contributed by atoms with Crippen LogP contribution in [-0.4, -0.2) is 69.1 Å². The summed E-state index contributed by atoms with van der Waals surface area (Å²) in [5.41, 5.74) is 0.793. The average molecular weight is 498 g/mol. The molecule has 2 saturated heterocycles. The van der Waals surface area contributed by atoms with Gasteiger partial charge in [-0.15, -0.1) is 0 Å². The highest BCUT2D eigenvalue weighted by molar-refractivity contribution is 6.46. The Kier molecular flexibility index (Phi) is 6.36. The number of aliphatic hydroxyl groups excluding tert-OH is 1. The minimum atomic E-state index is -0.898. The van der Waals surface area contributed by atoms with Gasteiger partial charge in [-0.1, -0.05) is 0 Å². The van der Waals surface area contributed by atoms with Gasteiger partial charge in [-0.25, -0.2) is 0 Å².